The summed E-state index contributed by atoms with van der Waals surface area (Å²) in [6.45, 7) is 10.1. The van der Waals surface area contributed by atoms with Crippen LogP contribution in [0.3, 0.4) is 0 Å². The molecule has 1 saturated heterocycles. The number of hydrogen-bond acceptors (Lipinski definition) is 4. The Kier molecular flexibility index (Phi) is 4.17. The van der Waals surface area contributed by atoms with Crippen molar-refractivity contribution in [2.24, 2.45) is 0 Å². The predicted octanol–water partition coefficient (Wildman–Crippen LogP) is 4.47. The van der Waals surface area contributed by atoms with E-state index in [1.807, 2.05) is 10.7 Å². The number of nitrogens with zero attached hydrogens (tertiary/aromatic N) is 5. The molecule has 5 heteroatoms. The van der Waals surface area contributed by atoms with Gasteiger partial charge in [-0.2, -0.15) is 14.6 Å². The molecule has 0 radical (unpaired) electrons. The Labute approximate surface area is 155 Å². The normalized spacial score (nSPS) is 18.5. The third-order valence-corrected chi connectivity index (χ3v) is 5.42. The Balaban J connectivity index is 1.85. The fraction of sp³-hybridized carbons (Fsp3) is 0.476. The van der Waals surface area contributed by atoms with Crippen molar-refractivity contribution >= 4 is 11.6 Å². The number of hydrogen-bond donors (Lipinski definition) is 0. The van der Waals surface area contributed by atoms with Gasteiger partial charge in [0.2, 0.25) is 0 Å². The molecule has 2 aromatic heterocycles. The molecular weight excluding hydrogens is 322 g/mol. The van der Waals surface area contributed by atoms with Crippen molar-refractivity contribution in [1.82, 2.24) is 19.6 Å². The number of rotatable bonds is 2. The van der Waals surface area contributed by atoms with E-state index in [1.165, 1.54) is 30.4 Å². The minimum absolute atomic E-state index is 0.150. The molecule has 3 heterocycles. The second-order valence-electron chi connectivity index (χ2n) is 8.33. The first-order chi connectivity index (χ1) is 12.4. The van der Waals surface area contributed by atoms with Crippen molar-refractivity contribution in [3.63, 3.8) is 0 Å². The Bertz CT molecular complexity index is 904. The van der Waals surface area contributed by atoms with Crippen LogP contribution in [0.15, 0.2) is 36.8 Å². The van der Waals surface area contributed by atoms with Crippen molar-refractivity contribution in [1.29, 1.82) is 0 Å². The zero-order valence-corrected chi connectivity index (χ0v) is 16.1. The van der Waals surface area contributed by atoms with Crippen LogP contribution in [0.5, 0.6) is 0 Å². The molecule has 5 nitrogen and oxygen atoms in total. The van der Waals surface area contributed by atoms with Crippen LogP contribution in [0.1, 0.15) is 52.5 Å². The number of benzene rings is 1. The van der Waals surface area contributed by atoms with Crippen LogP contribution < -0.4 is 4.90 Å². The van der Waals surface area contributed by atoms with Crippen LogP contribution in [-0.2, 0) is 5.41 Å². The summed E-state index contributed by atoms with van der Waals surface area (Å²) in [4.78, 5) is 11.3. The summed E-state index contributed by atoms with van der Waals surface area (Å²) in [5.41, 5.74) is 3.79. The standard InChI is InChI=1S/C21H27N5/c1-15-7-5-6-12-25(15)19-18(13-22-20-23-14-24-26(19)20)16-8-10-17(11-9-16)21(2,3)4/h8-11,13-15H,5-7,12H2,1-4H3. The smallest absolute Gasteiger partial charge is 0.254 e. The zero-order valence-electron chi connectivity index (χ0n) is 16.1. The molecule has 0 aliphatic carbocycles. The highest BCUT2D eigenvalue weighted by atomic mass is 15.4. The SMILES string of the molecule is CC1CCCCN1c1c(-c2ccc(C(C)(C)C)cc2)cnc2ncnn12. The summed E-state index contributed by atoms with van der Waals surface area (Å²) in [5, 5.41) is 4.47. The van der Waals surface area contributed by atoms with Crippen LogP contribution in [0.2, 0.25) is 0 Å². The molecule has 1 unspecified atom stereocenters. The van der Waals surface area contributed by atoms with Gasteiger partial charge in [-0.25, -0.2) is 4.98 Å². The van der Waals surface area contributed by atoms with Gasteiger partial charge in [0, 0.05) is 24.3 Å². The lowest BCUT2D eigenvalue weighted by Crippen LogP contribution is -2.39. The van der Waals surface area contributed by atoms with Crippen molar-refractivity contribution in [2.45, 2.75) is 58.4 Å². The van der Waals surface area contributed by atoms with E-state index >= 15 is 0 Å². The highest BCUT2D eigenvalue weighted by molar-refractivity contribution is 5.77. The lowest BCUT2D eigenvalue weighted by molar-refractivity contribution is 0.478. The highest BCUT2D eigenvalue weighted by Gasteiger charge is 2.25. The van der Waals surface area contributed by atoms with Gasteiger partial charge in [0.15, 0.2) is 0 Å². The molecule has 0 saturated carbocycles. The average Bonchev–Trinajstić information content (AvgIpc) is 3.10. The van der Waals surface area contributed by atoms with Crippen molar-refractivity contribution in [3.8, 4) is 11.1 Å². The Morgan fingerprint density at radius 3 is 2.50 bits per heavy atom. The van der Waals surface area contributed by atoms with Crippen LogP contribution >= 0.6 is 0 Å². The summed E-state index contributed by atoms with van der Waals surface area (Å²) in [5.74, 6) is 1.77. The molecule has 0 spiro atoms. The zero-order chi connectivity index (χ0) is 18.3. The third-order valence-electron chi connectivity index (χ3n) is 5.42. The van der Waals surface area contributed by atoms with Gasteiger partial charge in [0.25, 0.3) is 5.78 Å². The lowest BCUT2D eigenvalue weighted by Gasteiger charge is -2.36. The summed E-state index contributed by atoms with van der Waals surface area (Å²) in [6.07, 6.45) is 7.25. The van der Waals surface area contributed by atoms with Crippen LogP contribution in [0, 0.1) is 0 Å². The Hall–Kier alpha value is -2.43. The maximum Gasteiger partial charge on any atom is 0.254 e. The molecule has 4 rings (SSSR count). The second kappa shape index (κ2) is 6.38. The molecule has 1 fully saturated rings. The van der Waals surface area contributed by atoms with Crippen molar-refractivity contribution in [2.75, 3.05) is 11.4 Å². The first-order valence-corrected chi connectivity index (χ1v) is 9.51. The fourth-order valence-corrected chi connectivity index (χ4v) is 3.81. The van der Waals surface area contributed by atoms with Gasteiger partial charge < -0.3 is 4.90 Å². The molecule has 26 heavy (non-hydrogen) atoms. The fourth-order valence-electron chi connectivity index (χ4n) is 3.81. The summed E-state index contributed by atoms with van der Waals surface area (Å²) < 4.78 is 1.90. The largest absolute Gasteiger partial charge is 0.353 e. The molecule has 136 valence electrons. The van der Waals surface area contributed by atoms with Gasteiger partial charge in [-0.1, -0.05) is 45.0 Å². The van der Waals surface area contributed by atoms with E-state index in [2.05, 4.69) is 71.9 Å². The van der Waals surface area contributed by atoms with E-state index in [0.717, 1.165) is 17.9 Å². The van der Waals surface area contributed by atoms with Gasteiger partial charge in [-0.3, -0.25) is 0 Å². The molecule has 3 aromatic rings. The third kappa shape index (κ3) is 2.96. The number of anilines is 1. The van der Waals surface area contributed by atoms with Crippen molar-refractivity contribution in [3.05, 3.63) is 42.4 Å². The second-order valence-corrected chi connectivity index (χ2v) is 8.33. The molecular formula is C21H27N5. The Morgan fingerprint density at radius 1 is 1.04 bits per heavy atom. The predicted molar refractivity (Wildman–Crippen MR) is 106 cm³/mol. The van der Waals surface area contributed by atoms with Crippen molar-refractivity contribution < 1.29 is 0 Å². The van der Waals surface area contributed by atoms with Gasteiger partial charge in [-0.15, -0.1) is 0 Å². The van der Waals surface area contributed by atoms with E-state index in [1.54, 1.807) is 6.33 Å². The topological polar surface area (TPSA) is 46.3 Å². The maximum absolute atomic E-state index is 4.53. The first kappa shape index (κ1) is 17.0. The van der Waals surface area contributed by atoms with Gasteiger partial charge in [0.1, 0.15) is 12.1 Å². The number of aromatic nitrogens is 4. The summed E-state index contributed by atoms with van der Waals surface area (Å²) in [6, 6.07) is 9.36. The Morgan fingerprint density at radius 2 is 1.81 bits per heavy atom. The van der Waals surface area contributed by atoms with E-state index in [9.17, 15) is 0 Å². The molecule has 0 N–H and O–H groups in total. The van der Waals surface area contributed by atoms with Gasteiger partial charge in [0.05, 0.1) is 0 Å². The summed E-state index contributed by atoms with van der Waals surface area (Å²) >= 11 is 0. The molecule has 0 amide bonds. The first-order valence-electron chi connectivity index (χ1n) is 9.51. The molecule has 1 aliphatic heterocycles. The minimum Gasteiger partial charge on any atom is -0.353 e. The maximum atomic E-state index is 4.53. The lowest BCUT2D eigenvalue weighted by atomic mass is 9.86. The van der Waals surface area contributed by atoms with E-state index in [-0.39, 0.29) is 5.41 Å². The van der Waals surface area contributed by atoms with Gasteiger partial charge >= 0.3 is 0 Å². The quantitative estimate of drug-likeness (QED) is 0.685. The van der Waals surface area contributed by atoms with E-state index in [4.69, 9.17) is 0 Å². The molecule has 1 aromatic carbocycles. The highest BCUT2D eigenvalue weighted by Crippen LogP contribution is 2.35. The van der Waals surface area contributed by atoms with Crippen LogP contribution in [-0.4, -0.2) is 32.2 Å². The van der Waals surface area contributed by atoms with E-state index < -0.39 is 0 Å². The minimum atomic E-state index is 0.150. The monoisotopic (exact) mass is 349 g/mol. The summed E-state index contributed by atoms with van der Waals surface area (Å²) in [7, 11) is 0. The van der Waals surface area contributed by atoms with Crippen LogP contribution in [0.25, 0.3) is 16.9 Å². The van der Waals surface area contributed by atoms with Gasteiger partial charge in [-0.05, 0) is 42.7 Å². The average molecular weight is 349 g/mol. The molecule has 1 aliphatic rings. The van der Waals surface area contributed by atoms with E-state index in [0.29, 0.717) is 11.8 Å². The van der Waals surface area contributed by atoms with Crippen LogP contribution in [0.4, 0.5) is 5.82 Å². The number of fused-ring (bicyclic) bond motifs is 1. The molecule has 1 atom stereocenters. The number of piperidine rings is 1. The molecule has 0 bridgehead atoms.